The van der Waals surface area contributed by atoms with Crippen molar-refractivity contribution in [3.05, 3.63) is 18.2 Å². The zero-order valence-corrected chi connectivity index (χ0v) is 9.57. The summed E-state index contributed by atoms with van der Waals surface area (Å²) >= 11 is 0. The fourth-order valence-electron chi connectivity index (χ4n) is 1.56. The first-order chi connectivity index (χ1) is 8.29. The summed E-state index contributed by atoms with van der Waals surface area (Å²) in [4.78, 5) is 11.4. The highest BCUT2D eigenvalue weighted by atomic mass is 16.5. The van der Waals surface area contributed by atoms with Crippen LogP contribution in [-0.2, 0) is 4.79 Å². The number of hydrogen-bond acceptors (Lipinski definition) is 4. The van der Waals surface area contributed by atoms with Crippen LogP contribution >= 0.6 is 0 Å². The smallest absolute Gasteiger partial charge is 0.227 e. The van der Waals surface area contributed by atoms with Crippen LogP contribution in [-0.4, -0.2) is 25.7 Å². The zero-order chi connectivity index (χ0) is 12.1. The number of rotatable bonds is 4. The van der Waals surface area contributed by atoms with E-state index in [-0.39, 0.29) is 5.91 Å². The lowest BCUT2D eigenvalue weighted by Gasteiger charge is -2.10. The first kappa shape index (κ1) is 11.7. The van der Waals surface area contributed by atoms with E-state index in [0.717, 1.165) is 6.42 Å². The number of carbonyl (C=O) groups excluding carboxylic acids is 1. The Morgan fingerprint density at radius 3 is 3.18 bits per heavy atom. The normalized spacial score (nSPS) is 14.3. The predicted octanol–water partition coefficient (Wildman–Crippen LogP) is 1.14. The Labute approximate surface area is 99.9 Å². The van der Waals surface area contributed by atoms with Gasteiger partial charge in [-0.3, -0.25) is 4.79 Å². The molecule has 0 fully saturated rings. The third-order valence-corrected chi connectivity index (χ3v) is 2.43. The van der Waals surface area contributed by atoms with Crippen molar-refractivity contribution in [2.75, 3.05) is 25.1 Å². The monoisotopic (exact) mass is 236 g/mol. The summed E-state index contributed by atoms with van der Waals surface area (Å²) < 4.78 is 10.9. The molecule has 2 rings (SSSR count). The van der Waals surface area contributed by atoms with Crippen molar-refractivity contribution < 1.29 is 14.3 Å². The maximum absolute atomic E-state index is 11.4. The molecule has 1 heterocycles. The van der Waals surface area contributed by atoms with E-state index in [1.807, 2.05) is 6.07 Å². The minimum Gasteiger partial charge on any atom is -0.493 e. The first-order valence-electron chi connectivity index (χ1n) is 5.69. The van der Waals surface area contributed by atoms with Crippen molar-refractivity contribution in [1.82, 2.24) is 0 Å². The van der Waals surface area contributed by atoms with Gasteiger partial charge in [-0.2, -0.15) is 0 Å². The maximum atomic E-state index is 11.4. The Morgan fingerprint density at radius 1 is 1.47 bits per heavy atom. The molecule has 1 amide bonds. The highest BCUT2D eigenvalue weighted by molar-refractivity contribution is 5.93. The number of amides is 1. The lowest BCUT2D eigenvalue weighted by atomic mass is 10.2. The van der Waals surface area contributed by atoms with Gasteiger partial charge >= 0.3 is 0 Å². The lowest BCUT2D eigenvalue weighted by molar-refractivity contribution is -0.116. The van der Waals surface area contributed by atoms with Crippen molar-refractivity contribution in [2.45, 2.75) is 12.8 Å². The van der Waals surface area contributed by atoms with Crippen LogP contribution in [0.1, 0.15) is 12.8 Å². The van der Waals surface area contributed by atoms with Crippen molar-refractivity contribution in [1.29, 1.82) is 0 Å². The Bertz CT molecular complexity index is 407. The molecule has 1 aliphatic rings. The van der Waals surface area contributed by atoms with E-state index in [2.05, 4.69) is 5.32 Å². The van der Waals surface area contributed by atoms with E-state index >= 15 is 0 Å². The van der Waals surface area contributed by atoms with E-state index < -0.39 is 0 Å². The number of benzene rings is 1. The van der Waals surface area contributed by atoms with E-state index in [9.17, 15) is 4.79 Å². The van der Waals surface area contributed by atoms with E-state index in [1.54, 1.807) is 12.1 Å². The molecule has 0 aromatic heterocycles. The molecule has 1 aromatic rings. The standard InChI is InChI=1S/C12H16N2O3/c13-5-1-6-16-9-2-3-11-10(8-9)14-12(15)4-7-17-11/h2-3,8H,1,4-7,13H2,(H,14,15). The summed E-state index contributed by atoms with van der Waals surface area (Å²) in [6, 6.07) is 5.40. The summed E-state index contributed by atoms with van der Waals surface area (Å²) in [5.74, 6) is 1.35. The van der Waals surface area contributed by atoms with Gasteiger partial charge in [0, 0.05) is 6.07 Å². The van der Waals surface area contributed by atoms with Crippen molar-refractivity contribution in [3.63, 3.8) is 0 Å². The molecule has 0 spiro atoms. The topological polar surface area (TPSA) is 73.6 Å². The molecule has 17 heavy (non-hydrogen) atoms. The highest BCUT2D eigenvalue weighted by Gasteiger charge is 2.14. The second kappa shape index (κ2) is 5.54. The van der Waals surface area contributed by atoms with Gasteiger partial charge in [-0.05, 0) is 25.1 Å². The van der Waals surface area contributed by atoms with Crippen LogP contribution in [0.3, 0.4) is 0 Å². The summed E-state index contributed by atoms with van der Waals surface area (Å²) in [6.45, 7) is 1.58. The molecule has 1 aliphatic heterocycles. The second-order valence-corrected chi connectivity index (χ2v) is 3.80. The fourth-order valence-corrected chi connectivity index (χ4v) is 1.56. The average molecular weight is 236 g/mol. The molecule has 5 nitrogen and oxygen atoms in total. The molecule has 3 N–H and O–H groups in total. The first-order valence-corrected chi connectivity index (χ1v) is 5.69. The van der Waals surface area contributed by atoms with Crippen molar-refractivity contribution in [3.8, 4) is 11.5 Å². The molecule has 0 aliphatic carbocycles. The molecule has 0 unspecified atom stereocenters. The summed E-state index contributed by atoms with van der Waals surface area (Å²) in [5, 5.41) is 2.78. The number of nitrogens with one attached hydrogen (secondary N) is 1. The molecular weight excluding hydrogens is 220 g/mol. The molecule has 0 atom stereocenters. The van der Waals surface area contributed by atoms with Crippen molar-refractivity contribution in [2.24, 2.45) is 5.73 Å². The molecular formula is C12H16N2O3. The molecule has 1 aromatic carbocycles. The van der Waals surface area contributed by atoms with Crippen molar-refractivity contribution >= 4 is 11.6 Å². The fraction of sp³-hybridized carbons (Fsp3) is 0.417. The third kappa shape index (κ3) is 3.10. The summed E-state index contributed by atoms with van der Waals surface area (Å²) in [6.07, 6.45) is 1.18. The van der Waals surface area contributed by atoms with Crippen LogP contribution in [0.5, 0.6) is 11.5 Å². The van der Waals surface area contributed by atoms with Gasteiger partial charge in [-0.15, -0.1) is 0 Å². The Hall–Kier alpha value is -1.75. The third-order valence-electron chi connectivity index (χ3n) is 2.43. The number of ether oxygens (including phenoxy) is 2. The van der Waals surface area contributed by atoms with Crippen LogP contribution in [0.4, 0.5) is 5.69 Å². The van der Waals surface area contributed by atoms with Crippen LogP contribution in [0.2, 0.25) is 0 Å². The molecule has 0 saturated heterocycles. The van der Waals surface area contributed by atoms with Gasteiger partial charge in [0.25, 0.3) is 0 Å². The number of carbonyl (C=O) groups is 1. The molecule has 0 saturated carbocycles. The van der Waals surface area contributed by atoms with Crippen LogP contribution in [0.15, 0.2) is 18.2 Å². The van der Waals surface area contributed by atoms with Gasteiger partial charge in [-0.1, -0.05) is 0 Å². The number of hydrogen-bond donors (Lipinski definition) is 2. The van der Waals surface area contributed by atoms with Gasteiger partial charge in [-0.25, -0.2) is 0 Å². The number of anilines is 1. The van der Waals surface area contributed by atoms with Gasteiger partial charge in [0.15, 0.2) is 0 Å². The van der Waals surface area contributed by atoms with Gasteiger partial charge in [0.2, 0.25) is 5.91 Å². The van der Waals surface area contributed by atoms with Crippen LogP contribution in [0.25, 0.3) is 0 Å². The summed E-state index contributed by atoms with van der Waals surface area (Å²) in [7, 11) is 0. The minimum atomic E-state index is -0.0390. The largest absolute Gasteiger partial charge is 0.493 e. The SMILES string of the molecule is NCCCOc1ccc2c(c1)NC(=O)CCO2. The predicted molar refractivity (Wildman–Crippen MR) is 64.4 cm³/mol. The van der Waals surface area contributed by atoms with E-state index in [4.69, 9.17) is 15.2 Å². The number of nitrogens with two attached hydrogens (primary N) is 1. The highest BCUT2D eigenvalue weighted by Crippen LogP contribution is 2.31. The maximum Gasteiger partial charge on any atom is 0.227 e. The molecule has 0 bridgehead atoms. The minimum absolute atomic E-state index is 0.0390. The van der Waals surface area contributed by atoms with E-state index in [0.29, 0.717) is 43.4 Å². The quantitative estimate of drug-likeness (QED) is 0.769. The van der Waals surface area contributed by atoms with Crippen LogP contribution in [0, 0.1) is 0 Å². The zero-order valence-electron chi connectivity index (χ0n) is 9.57. The Balaban J connectivity index is 2.09. The number of fused-ring (bicyclic) bond motifs is 1. The molecule has 92 valence electrons. The van der Waals surface area contributed by atoms with Gasteiger partial charge in [0.1, 0.15) is 11.5 Å². The molecule has 0 radical (unpaired) electrons. The van der Waals surface area contributed by atoms with Crippen LogP contribution < -0.4 is 20.5 Å². The lowest BCUT2D eigenvalue weighted by Crippen LogP contribution is -2.10. The Kier molecular flexibility index (Phi) is 3.82. The second-order valence-electron chi connectivity index (χ2n) is 3.80. The van der Waals surface area contributed by atoms with E-state index in [1.165, 1.54) is 0 Å². The van der Waals surface area contributed by atoms with Gasteiger partial charge in [0.05, 0.1) is 25.3 Å². The summed E-state index contributed by atoms with van der Waals surface area (Å²) in [5.41, 5.74) is 6.05. The Morgan fingerprint density at radius 2 is 2.35 bits per heavy atom. The van der Waals surface area contributed by atoms with Gasteiger partial charge < -0.3 is 20.5 Å². The molecule has 5 heteroatoms. The average Bonchev–Trinajstić information content (AvgIpc) is 2.49.